The molecule has 4 rings (SSSR count). The Hall–Kier alpha value is -1.92. The molecule has 3 fully saturated rings. The van der Waals surface area contributed by atoms with Gasteiger partial charge in [-0.1, -0.05) is 0 Å². The molecule has 27 heavy (non-hydrogen) atoms. The maximum atomic E-state index is 13.0. The first-order chi connectivity index (χ1) is 13.2. The number of ether oxygens (including phenoxy) is 1. The largest absolute Gasteiger partial charge is 0.497 e. The molecule has 0 radical (unpaired) electrons. The Morgan fingerprint density at radius 2 is 1.59 bits per heavy atom. The number of nitrogens with zero attached hydrogens (tertiary/aromatic N) is 1. The van der Waals surface area contributed by atoms with Crippen LogP contribution < -0.4 is 19.4 Å². The maximum Gasteiger partial charge on any atom is 0.292 e. The first kappa shape index (κ1) is 18.4. The van der Waals surface area contributed by atoms with Gasteiger partial charge in [0.1, 0.15) is 5.75 Å². The van der Waals surface area contributed by atoms with Crippen molar-refractivity contribution in [2.75, 3.05) is 38.2 Å². The highest BCUT2D eigenvalue weighted by atomic mass is 16.5. The van der Waals surface area contributed by atoms with E-state index in [1.54, 1.807) is 36.3 Å². The van der Waals surface area contributed by atoms with Crippen LogP contribution in [0.25, 0.3) is 0 Å². The first-order valence-corrected chi connectivity index (χ1v) is 10.4. The lowest BCUT2D eigenvalue weighted by Crippen LogP contribution is -3.22. The Kier molecular flexibility index (Phi) is 5.45. The summed E-state index contributed by atoms with van der Waals surface area (Å²) < 4.78 is 5.17. The lowest BCUT2D eigenvalue weighted by Gasteiger charge is -2.37. The Bertz CT molecular complexity index is 676. The van der Waals surface area contributed by atoms with E-state index in [0.717, 1.165) is 24.9 Å². The molecule has 0 aliphatic carbocycles. The van der Waals surface area contributed by atoms with Crippen LogP contribution in [0.4, 0.5) is 5.69 Å². The molecule has 3 aliphatic heterocycles. The third kappa shape index (κ3) is 3.73. The third-order valence-electron chi connectivity index (χ3n) is 6.67. The van der Waals surface area contributed by atoms with Crippen LogP contribution in [-0.2, 0) is 9.59 Å². The summed E-state index contributed by atoms with van der Waals surface area (Å²) in [4.78, 5) is 30.0. The summed E-state index contributed by atoms with van der Waals surface area (Å²) >= 11 is 0. The average Bonchev–Trinajstić information content (AvgIpc) is 3.03. The summed E-state index contributed by atoms with van der Waals surface area (Å²) in [6.45, 7) is 4.64. The van der Waals surface area contributed by atoms with Gasteiger partial charge in [0.15, 0.2) is 6.04 Å². The van der Waals surface area contributed by atoms with Gasteiger partial charge in [0, 0.05) is 12.8 Å². The van der Waals surface area contributed by atoms with E-state index >= 15 is 0 Å². The van der Waals surface area contributed by atoms with E-state index in [2.05, 4.69) is 0 Å². The number of likely N-dealkylation sites (tertiary alicyclic amines) is 2. The number of benzene rings is 1. The predicted molar refractivity (Wildman–Crippen MR) is 102 cm³/mol. The summed E-state index contributed by atoms with van der Waals surface area (Å²) in [5.41, 5.74) is 0.653. The second-order valence-corrected chi connectivity index (χ2v) is 8.17. The number of anilines is 1. The van der Waals surface area contributed by atoms with Crippen molar-refractivity contribution in [1.82, 2.24) is 0 Å². The quantitative estimate of drug-likeness (QED) is 0.696. The minimum atomic E-state index is -0.211. The van der Waals surface area contributed by atoms with Gasteiger partial charge in [-0.2, -0.15) is 0 Å². The number of imide groups is 1. The van der Waals surface area contributed by atoms with Crippen LogP contribution in [0.2, 0.25) is 0 Å². The van der Waals surface area contributed by atoms with E-state index < -0.39 is 0 Å². The topological polar surface area (TPSA) is 55.5 Å². The highest BCUT2D eigenvalue weighted by Crippen LogP contribution is 2.24. The van der Waals surface area contributed by atoms with Crippen molar-refractivity contribution >= 4 is 17.5 Å². The van der Waals surface area contributed by atoms with Gasteiger partial charge in [0.05, 0.1) is 51.4 Å². The number of hydrogen-bond acceptors (Lipinski definition) is 3. The number of carbonyl (C=O) groups is 2. The molecule has 1 aromatic rings. The highest BCUT2D eigenvalue weighted by Gasteiger charge is 2.47. The lowest BCUT2D eigenvalue weighted by atomic mass is 9.98. The maximum absolute atomic E-state index is 13.0. The second kappa shape index (κ2) is 7.98. The summed E-state index contributed by atoms with van der Waals surface area (Å²) in [5, 5.41) is 0. The van der Waals surface area contributed by atoms with Crippen LogP contribution in [-0.4, -0.2) is 57.2 Å². The number of hydrogen-bond donors (Lipinski definition) is 2. The smallest absolute Gasteiger partial charge is 0.292 e. The van der Waals surface area contributed by atoms with Crippen molar-refractivity contribution in [2.24, 2.45) is 0 Å². The minimum absolute atomic E-state index is 0.0380. The zero-order chi connectivity index (χ0) is 18.8. The zero-order valence-corrected chi connectivity index (χ0v) is 16.2. The predicted octanol–water partition coefficient (Wildman–Crippen LogP) is -0.557. The Labute approximate surface area is 161 Å². The molecule has 2 amide bonds. The fraction of sp³-hybridized carbons (Fsp3) is 0.619. The molecule has 3 saturated heterocycles. The molecule has 146 valence electrons. The van der Waals surface area contributed by atoms with Gasteiger partial charge in [-0.3, -0.25) is 9.59 Å². The molecule has 0 spiro atoms. The van der Waals surface area contributed by atoms with Crippen LogP contribution in [0.3, 0.4) is 0 Å². The van der Waals surface area contributed by atoms with Gasteiger partial charge in [-0.25, -0.2) is 4.90 Å². The number of carbonyl (C=O) groups excluding carboxylic acids is 2. The van der Waals surface area contributed by atoms with E-state index in [4.69, 9.17) is 4.74 Å². The van der Waals surface area contributed by atoms with E-state index in [1.807, 2.05) is 0 Å². The second-order valence-electron chi connectivity index (χ2n) is 8.17. The molecule has 1 aromatic carbocycles. The number of quaternary nitrogens is 2. The molecule has 6 heteroatoms. The molecule has 0 bridgehead atoms. The Morgan fingerprint density at radius 1 is 0.926 bits per heavy atom. The van der Waals surface area contributed by atoms with Crippen LogP contribution in [0.15, 0.2) is 24.3 Å². The SMILES string of the molecule is COc1ccc(N2C(=O)C[C@@H]([NH+]3CCC([NH+]4CCCCC4)CC3)C2=O)cc1. The van der Waals surface area contributed by atoms with Crippen LogP contribution >= 0.6 is 0 Å². The number of amides is 2. The van der Waals surface area contributed by atoms with Crippen molar-refractivity contribution in [3.63, 3.8) is 0 Å². The molecule has 6 nitrogen and oxygen atoms in total. The Morgan fingerprint density at radius 3 is 2.22 bits per heavy atom. The van der Waals surface area contributed by atoms with Gasteiger partial charge in [-0.05, 0) is 43.5 Å². The molecule has 0 aromatic heterocycles. The normalized spacial score (nSPS) is 30.0. The molecule has 0 unspecified atom stereocenters. The first-order valence-electron chi connectivity index (χ1n) is 10.4. The molecule has 3 heterocycles. The summed E-state index contributed by atoms with van der Waals surface area (Å²) in [6.07, 6.45) is 6.77. The molecule has 1 atom stereocenters. The van der Waals surface area contributed by atoms with Crippen LogP contribution in [0, 0.1) is 0 Å². The zero-order valence-electron chi connectivity index (χ0n) is 16.2. The van der Waals surface area contributed by atoms with Crippen molar-refractivity contribution in [3.8, 4) is 5.75 Å². The van der Waals surface area contributed by atoms with E-state index in [1.165, 1.54) is 55.0 Å². The van der Waals surface area contributed by atoms with Crippen LogP contribution in [0.1, 0.15) is 38.5 Å². The molecule has 2 N–H and O–H groups in total. The van der Waals surface area contributed by atoms with Crippen molar-refractivity contribution < 1.29 is 24.1 Å². The van der Waals surface area contributed by atoms with Gasteiger partial charge in [0.2, 0.25) is 5.91 Å². The van der Waals surface area contributed by atoms with Gasteiger partial charge in [0.25, 0.3) is 5.91 Å². The molecule has 0 saturated carbocycles. The van der Waals surface area contributed by atoms with Crippen molar-refractivity contribution in [1.29, 1.82) is 0 Å². The van der Waals surface area contributed by atoms with Crippen molar-refractivity contribution in [2.45, 2.75) is 50.6 Å². The van der Waals surface area contributed by atoms with Crippen LogP contribution in [0.5, 0.6) is 5.75 Å². The highest BCUT2D eigenvalue weighted by molar-refractivity contribution is 6.21. The lowest BCUT2D eigenvalue weighted by molar-refractivity contribution is -0.965. The van der Waals surface area contributed by atoms with Gasteiger partial charge < -0.3 is 14.5 Å². The number of methoxy groups -OCH3 is 1. The summed E-state index contributed by atoms with van der Waals surface area (Å²) in [7, 11) is 1.61. The van der Waals surface area contributed by atoms with E-state index in [0.29, 0.717) is 12.1 Å². The number of rotatable bonds is 4. The van der Waals surface area contributed by atoms with Gasteiger partial charge in [-0.15, -0.1) is 0 Å². The van der Waals surface area contributed by atoms with E-state index in [9.17, 15) is 9.59 Å². The number of piperidine rings is 2. The third-order valence-corrected chi connectivity index (χ3v) is 6.67. The monoisotopic (exact) mass is 373 g/mol. The Balaban J connectivity index is 1.38. The van der Waals surface area contributed by atoms with Gasteiger partial charge >= 0.3 is 0 Å². The summed E-state index contributed by atoms with van der Waals surface area (Å²) in [6, 6.07) is 7.71. The minimum Gasteiger partial charge on any atom is -0.497 e. The van der Waals surface area contributed by atoms with E-state index in [-0.39, 0.29) is 17.9 Å². The summed E-state index contributed by atoms with van der Waals surface area (Å²) in [5.74, 6) is 0.609. The molecular formula is C21H31N3O3+2. The molecule has 3 aliphatic rings. The average molecular weight is 373 g/mol. The van der Waals surface area contributed by atoms with Crippen molar-refractivity contribution in [3.05, 3.63) is 24.3 Å². The standard InChI is InChI=1S/C21H29N3O3/c1-27-18-7-5-17(6-8-18)24-20(25)15-19(21(24)26)23-13-9-16(10-14-23)22-11-3-2-4-12-22/h5-8,16,19H,2-4,9-15H2,1H3/p+2/t19-/m1/s1. The molecular weight excluding hydrogens is 342 g/mol. The number of nitrogens with one attached hydrogen (secondary N) is 2. The fourth-order valence-corrected chi connectivity index (χ4v) is 5.11. The fourth-order valence-electron chi connectivity index (χ4n) is 5.11.